The van der Waals surface area contributed by atoms with Crippen molar-refractivity contribution in [2.45, 2.75) is 57.7 Å². The molecule has 2 aromatic rings. The monoisotopic (exact) mass is 318 g/mol. The number of hydrogen-bond donors (Lipinski definition) is 1. The van der Waals surface area contributed by atoms with Gasteiger partial charge in [0.25, 0.3) is 0 Å². The first-order chi connectivity index (χ1) is 11.1. The van der Waals surface area contributed by atoms with E-state index >= 15 is 0 Å². The van der Waals surface area contributed by atoms with Crippen LogP contribution >= 0.6 is 0 Å². The third kappa shape index (κ3) is 3.82. The Morgan fingerprint density at radius 1 is 1.35 bits per heavy atom. The summed E-state index contributed by atoms with van der Waals surface area (Å²) in [7, 11) is 2.01. The maximum Gasteiger partial charge on any atom is 0.146 e. The first-order valence-corrected chi connectivity index (χ1v) is 8.45. The normalized spacial score (nSPS) is 21.3. The van der Waals surface area contributed by atoms with Crippen LogP contribution in [0.1, 0.15) is 55.6 Å². The van der Waals surface area contributed by atoms with Crippen LogP contribution in [0.25, 0.3) is 0 Å². The lowest BCUT2D eigenvalue weighted by Gasteiger charge is -2.30. The lowest BCUT2D eigenvalue weighted by atomic mass is 10.0. The van der Waals surface area contributed by atoms with E-state index in [1.165, 1.54) is 19.3 Å². The van der Waals surface area contributed by atoms with Crippen LogP contribution in [-0.2, 0) is 13.6 Å². The van der Waals surface area contributed by atoms with Gasteiger partial charge in [-0.1, -0.05) is 12.8 Å². The van der Waals surface area contributed by atoms with E-state index in [1.54, 1.807) is 6.26 Å². The molecule has 0 unspecified atom stereocenters. The van der Waals surface area contributed by atoms with Crippen molar-refractivity contribution in [3.05, 3.63) is 35.8 Å². The molecule has 6 heteroatoms. The second-order valence-corrected chi connectivity index (χ2v) is 6.46. The molecule has 126 valence electrons. The lowest BCUT2D eigenvalue weighted by Crippen LogP contribution is -2.36. The van der Waals surface area contributed by atoms with Gasteiger partial charge in [0.05, 0.1) is 12.8 Å². The molecule has 3 rings (SSSR count). The number of likely N-dealkylation sites (tertiary alicyclic amines) is 1. The van der Waals surface area contributed by atoms with Crippen molar-refractivity contribution in [3.63, 3.8) is 0 Å². The van der Waals surface area contributed by atoms with E-state index in [0.717, 1.165) is 31.2 Å². The molecule has 0 aliphatic carbocycles. The molecule has 23 heavy (non-hydrogen) atoms. The fourth-order valence-electron chi connectivity index (χ4n) is 3.34. The quantitative estimate of drug-likeness (QED) is 0.918. The summed E-state index contributed by atoms with van der Waals surface area (Å²) in [6, 6.07) is 4.01. The number of aryl methyl sites for hydroxylation is 1. The topological polar surface area (TPSA) is 67.3 Å². The van der Waals surface area contributed by atoms with Gasteiger partial charge in [0.2, 0.25) is 0 Å². The van der Waals surface area contributed by atoms with Gasteiger partial charge in [0.1, 0.15) is 23.5 Å². The predicted octanol–water partition coefficient (Wildman–Crippen LogP) is 2.58. The molecule has 0 spiro atoms. The summed E-state index contributed by atoms with van der Waals surface area (Å²) < 4.78 is 7.40. The van der Waals surface area contributed by atoms with Gasteiger partial charge in [-0.3, -0.25) is 4.90 Å². The fraction of sp³-hybridized carbons (Fsp3) is 0.647. The zero-order chi connectivity index (χ0) is 16.2. The van der Waals surface area contributed by atoms with Crippen molar-refractivity contribution in [2.75, 3.05) is 6.54 Å². The highest BCUT2D eigenvalue weighted by Crippen LogP contribution is 2.27. The summed E-state index contributed by atoms with van der Waals surface area (Å²) in [6.07, 6.45) is 6.54. The number of rotatable bonds is 5. The van der Waals surface area contributed by atoms with Gasteiger partial charge in [-0.15, -0.1) is 10.2 Å². The van der Waals surface area contributed by atoms with E-state index in [-0.39, 0.29) is 0 Å². The van der Waals surface area contributed by atoms with Gasteiger partial charge in [-0.2, -0.15) is 0 Å². The number of aliphatic hydroxyl groups excluding tert-OH is 1. The van der Waals surface area contributed by atoms with E-state index < -0.39 is 6.10 Å². The van der Waals surface area contributed by atoms with Crippen LogP contribution in [0.3, 0.4) is 0 Å². The first kappa shape index (κ1) is 16.2. The Bertz CT molecular complexity index is 608. The minimum absolute atomic E-state index is 0.342. The van der Waals surface area contributed by atoms with Crippen molar-refractivity contribution in [2.24, 2.45) is 7.05 Å². The molecule has 0 bridgehead atoms. The van der Waals surface area contributed by atoms with E-state index in [9.17, 15) is 5.11 Å². The number of furan rings is 1. The highest BCUT2D eigenvalue weighted by atomic mass is 16.4. The Kier molecular flexibility index (Phi) is 5.13. The van der Waals surface area contributed by atoms with Crippen molar-refractivity contribution >= 4 is 0 Å². The molecule has 2 aromatic heterocycles. The van der Waals surface area contributed by atoms with E-state index in [4.69, 9.17) is 4.42 Å². The number of aliphatic hydroxyl groups is 1. The summed E-state index contributed by atoms with van der Waals surface area (Å²) in [5.74, 6) is 2.58. The third-order valence-corrected chi connectivity index (χ3v) is 4.89. The molecule has 1 aliphatic heterocycles. The van der Waals surface area contributed by atoms with Crippen molar-refractivity contribution in [3.8, 4) is 0 Å². The second-order valence-electron chi connectivity index (χ2n) is 6.46. The van der Waals surface area contributed by atoms with E-state index in [1.807, 2.05) is 30.7 Å². The molecule has 1 fully saturated rings. The molecule has 1 saturated heterocycles. The minimum atomic E-state index is -0.545. The molecule has 3 heterocycles. The molecule has 1 N–H and O–H groups in total. The van der Waals surface area contributed by atoms with Gasteiger partial charge < -0.3 is 14.1 Å². The second kappa shape index (κ2) is 7.27. The minimum Gasteiger partial charge on any atom is -0.467 e. The van der Waals surface area contributed by atoms with Crippen LogP contribution in [0.4, 0.5) is 0 Å². The van der Waals surface area contributed by atoms with Crippen LogP contribution in [0, 0.1) is 6.92 Å². The Labute approximate surface area is 137 Å². The highest BCUT2D eigenvalue weighted by molar-refractivity contribution is 5.03. The maximum atomic E-state index is 10.4. The number of nitrogens with zero attached hydrogens (tertiary/aromatic N) is 4. The van der Waals surface area contributed by atoms with Crippen LogP contribution < -0.4 is 0 Å². The molecular weight excluding hydrogens is 292 g/mol. The summed E-state index contributed by atoms with van der Waals surface area (Å²) in [4.78, 5) is 2.45. The Hall–Kier alpha value is -1.66. The Balaban J connectivity index is 1.71. The summed E-state index contributed by atoms with van der Waals surface area (Å²) >= 11 is 0. The van der Waals surface area contributed by atoms with Gasteiger partial charge in [0.15, 0.2) is 0 Å². The smallest absolute Gasteiger partial charge is 0.146 e. The van der Waals surface area contributed by atoms with E-state index in [2.05, 4.69) is 15.1 Å². The van der Waals surface area contributed by atoms with Crippen LogP contribution in [0.5, 0.6) is 0 Å². The SMILES string of the molecule is Cc1nnc(CN2CCCCC[C@@H]2C[C@H](O)c2ccco2)n1C. The van der Waals surface area contributed by atoms with Gasteiger partial charge in [0, 0.05) is 13.1 Å². The van der Waals surface area contributed by atoms with E-state index in [0.29, 0.717) is 18.2 Å². The summed E-state index contributed by atoms with van der Waals surface area (Å²) in [6.45, 7) is 3.80. The largest absolute Gasteiger partial charge is 0.467 e. The number of aromatic nitrogens is 3. The average Bonchev–Trinajstić information content (AvgIpc) is 3.12. The molecule has 0 saturated carbocycles. The fourth-order valence-corrected chi connectivity index (χ4v) is 3.34. The molecule has 1 aliphatic rings. The zero-order valence-electron chi connectivity index (χ0n) is 14.0. The lowest BCUT2D eigenvalue weighted by molar-refractivity contribution is 0.0814. The molecule has 2 atom stereocenters. The van der Waals surface area contributed by atoms with Crippen molar-refractivity contribution < 1.29 is 9.52 Å². The standard InChI is InChI=1S/C17H26N4O2/c1-13-18-19-17(20(13)2)12-21-9-5-3-4-7-14(21)11-15(22)16-8-6-10-23-16/h6,8,10,14-15,22H,3-5,7,9,11-12H2,1-2H3/t14-,15+/m1/s1. The molecule has 0 aromatic carbocycles. The van der Waals surface area contributed by atoms with Crippen LogP contribution in [-0.4, -0.2) is 37.4 Å². The average molecular weight is 318 g/mol. The third-order valence-electron chi connectivity index (χ3n) is 4.89. The Morgan fingerprint density at radius 2 is 2.22 bits per heavy atom. The Morgan fingerprint density at radius 3 is 2.91 bits per heavy atom. The first-order valence-electron chi connectivity index (χ1n) is 8.45. The van der Waals surface area contributed by atoms with Crippen molar-refractivity contribution in [1.82, 2.24) is 19.7 Å². The molecule has 6 nitrogen and oxygen atoms in total. The van der Waals surface area contributed by atoms with Gasteiger partial charge in [-0.25, -0.2) is 0 Å². The zero-order valence-corrected chi connectivity index (χ0v) is 14.0. The molecule has 0 radical (unpaired) electrons. The van der Waals surface area contributed by atoms with Crippen molar-refractivity contribution in [1.29, 1.82) is 0 Å². The molecule has 0 amide bonds. The predicted molar refractivity (Wildman–Crippen MR) is 86.7 cm³/mol. The van der Waals surface area contributed by atoms with Gasteiger partial charge >= 0.3 is 0 Å². The van der Waals surface area contributed by atoms with Crippen LogP contribution in [0.15, 0.2) is 22.8 Å². The maximum absolute atomic E-state index is 10.4. The van der Waals surface area contributed by atoms with Crippen LogP contribution in [0.2, 0.25) is 0 Å². The summed E-state index contributed by atoms with van der Waals surface area (Å²) in [5.41, 5.74) is 0. The highest BCUT2D eigenvalue weighted by Gasteiger charge is 2.26. The molecular formula is C17H26N4O2. The van der Waals surface area contributed by atoms with Gasteiger partial charge in [-0.05, 0) is 44.9 Å². The number of hydrogen-bond acceptors (Lipinski definition) is 5. The summed E-state index contributed by atoms with van der Waals surface area (Å²) in [5, 5.41) is 18.9.